The molecule has 0 saturated carbocycles. The highest BCUT2D eigenvalue weighted by molar-refractivity contribution is 7.09. The minimum atomic E-state index is 0.0474. The van der Waals surface area contributed by atoms with Crippen molar-refractivity contribution in [2.45, 2.75) is 26.2 Å². The molecule has 0 bridgehead atoms. The zero-order chi connectivity index (χ0) is 10.2. The smallest absolute Gasteiger partial charge is 0.156 e. The van der Waals surface area contributed by atoms with E-state index < -0.39 is 0 Å². The van der Waals surface area contributed by atoms with Crippen LogP contribution in [0.3, 0.4) is 0 Å². The largest absolute Gasteiger partial charge is 0.295 e. The lowest BCUT2D eigenvalue weighted by Crippen LogP contribution is -2.26. The maximum Gasteiger partial charge on any atom is 0.156 e. The van der Waals surface area contributed by atoms with Crippen LogP contribution in [0.1, 0.15) is 31.2 Å². The summed E-state index contributed by atoms with van der Waals surface area (Å²) in [6.07, 6.45) is 6.10. The maximum absolute atomic E-state index is 11.3. The monoisotopic (exact) mass is 207 g/mol. The number of hydrogen-bond donors (Lipinski definition) is 0. The predicted octanol–water partition coefficient (Wildman–Crippen LogP) is 2.78. The lowest BCUT2D eigenvalue weighted by atomic mass is 9.73. The SMILES string of the molecule is CC1(C)C=CC(=O)CC1c1nccs1. The van der Waals surface area contributed by atoms with Crippen LogP contribution < -0.4 is 0 Å². The summed E-state index contributed by atoms with van der Waals surface area (Å²) in [6.45, 7) is 4.31. The lowest BCUT2D eigenvalue weighted by Gasteiger charge is -2.32. The molecule has 1 aromatic rings. The number of carbonyl (C=O) groups is 1. The standard InChI is InChI=1S/C11H13NOS/c1-11(2)4-3-8(13)7-9(11)10-12-5-6-14-10/h3-6,9H,7H2,1-2H3. The molecular weight excluding hydrogens is 194 g/mol. The third-order valence-electron chi connectivity index (χ3n) is 2.75. The van der Waals surface area contributed by atoms with Crippen LogP contribution in [0.5, 0.6) is 0 Å². The van der Waals surface area contributed by atoms with Gasteiger partial charge in [0.15, 0.2) is 5.78 Å². The Balaban J connectivity index is 2.35. The van der Waals surface area contributed by atoms with Gasteiger partial charge in [-0.25, -0.2) is 4.98 Å². The van der Waals surface area contributed by atoms with E-state index in [1.807, 2.05) is 11.5 Å². The van der Waals surface area contributed by atoms with E-state index in [0.29, 0.717) is 6.42 Å². The number of hydrogen-bond acceptors (Lipinski definition) is 3. The van der Waals surface area contributed by atoms with Gasteiger partial charge in [-0.2, -0.15) is 0 Å². The molecule has 0 fully saturated rings. The van der Waals surface area contributed by atoms with E-state index in [9.17, 15) is 4.79 Å². The molecule has 74 valence electrons. The third kappa shape index (κ3) is 1.64. The highest BCUT2D eigenvalue weighted by Gasteiger charge is 2.34. The molecule has 0 saturated heterocycles. The van der Waals surface area contributed by atoms with Gasteiger partial charge >= 0.3 is 0 Å². The van der Waals surface area contributed by atoms with E-state index in [-0.39, 0.29) is 17.1 Å². The average molecular weight is 207 g/mol. The summed E-state index contributed by atoms with van der Waals surface area (Å²) in [4.78, 5) is 15.6. The summed E-state index contributed by atoms with van der Waals surface area (Å²) in [5.74, 6) is 0.463. The number of aromatic nitrogens is 1. The fraction of sp³-hybridized carbons (Fsp3) is 0.455. The molecule has 1 heterocycles. The number of ketones is 1. The van der Waals surface area contributed by atoms with Gasteiger partial charge in [0.1, 0.15) is 0 Å². The molecule has 0 spiro atoms. The van der Waals surface area contributed by atoms with E-state index in [1.165, 1.54) is 0 Å². The second-order valence-corrected chi connectivity index (χ2v) is 5.17. The molecule has 1 aliphatic rings. The van der Waals surface area contributed by atoms with Crippen LogP contribution in [-0.4, -0.2) is 10.8 Å². The second kappa shape index (κ2) is 3.31. The molecule has 2 rings (SSSR count). The minimum Gasteiger partial charge on any atom is -0.295 e. The number of nitrogens with zero attached hydrogens (tertiary/aromatic N) is 1. The van der Waals surface area contributed by atoms with Crippen molar-refractivity contribution in [3.8, 4) is 0 Å². The molecular formula is C11H13NOS. The molecule has 0 radical (unpaired) electrons. The van der Waals surface area contributed by atoms with E-state index in [1.54, 1.807) is 23.6 Å². The van der Waals surface area contributed by atoms with Crippen molar-refractivity contribution in [2.24, 2.45) is 5.41 Å². The molecule has 1 aromatic heterocycles. The molecule has 1 unspecified atom stereocenters. The van der Waals surface area contributed by atoms with Crippen molar-refractivity contribution in [3.63, 3.8) is 0 Å². The van der Waals surface area contributed by atoms with Gasteiger partial charge in [-0.1, -0.05) is 19.9 Å². The van der Waals surface area contributed by atoms with Gasteiger partial charge in [-0.3, -0.25) is 4.79 Å². The number of allylic oxidation sites excluding steroid dienone is 2. The fourth-order valence-electron chi connectivity index (χ4n) is 1.77. The Labute approximate surface area is 87.7 Å². The predicted molar refractivity (Wildman–Crippen MR) is 57.4 cm³/mol. The van der Waals surface area contributed by atoms with Crippen LogP contribution in [-0.2, 0) is 4.79 Å². The first-order chi connectivity index (χ1) is 6.59. The molecule has 0 amide bonds. The van der Waals surface area contributed by atoms with Crippen molar-refractivity contribution in [1.29, 1.82) is 0 Å². The van der Waals surface area contributed by atoms with Crippen molar-refractivity contribution in [1.82, 2.24) is 4.98 Å². The summed E-state index contributed by atoms with van der Waals surface area (Å²) in [7, 11) is 0. The molecule has 0 aliphatic heterocycles. The van der Waals surface area contributed by atoms with Gasteiger partial charge in [0.2, 0.25) is 0 Å². The maximum atomic E-state index is 11.3. The molecule has 1 atom stereocenters. The van der Waals surface area contributed by atoms with Crippen LogP contribution in [0.4, 0.5) is 0 Å². The Hall–Kier alpha value is -0.960. The Morgan fingerprint density at radius 3 is 3.00 bits per heavy atom. The van der Waals surface area contributed by atoms with Gasteiger partial charge in [-0.05, 0) is 11.5 Å². The minimum absolute atomic E-state index is 0.0474. The third-order valence-corrected chi connectivity index (χ3v) is 3.64. The van der Waals surface area contributed by atoms with Crippen LogP contribution in [0.25, 0.3) is 0 Å². The fourth-order valence-corrected chi connectivity index (χ4v) is 2.70. The molecule has 0 N–H and O–H groups in total. The first-order valence-corrected chi connectivity index (χ1v) is 5.59. The lowest BCUT2D eigenvalue weighted by molar-refractivity contribution is -0.116. The van der Waals surface area contributed by atoms with Crippen molar-refractivity contribution >= 4 is 17.1 Å². The summed E-state index contributed by atoms with van der Waals surface area (Å²) in [5.41, 5.74) is 0.0474. The zero-order valence-corrected chi connectivity index (χ0v) is 9.17. The van der Waals surface area contributed by atoms with Crippen LogP contribution in [0.2, 0.25) is 0 Å². The van der Waals surface area contributed by atoms with Crippen LogP contribution in [0, 0.1) is 5.41 Å². The number of rotatable bonds is 1. The quantitative estimate of drug-likeness (QED) is 0.708. The van der Waals surface area contributed by atoms with Gasteiger partial charge in [-0.15, -0.1) is 11.3 Å². The van der Waals surface area contributed by atoms with Gasteiger partial charge < -0.3 is 0 Å². The highest BCUT2D eigenvalue weighted by Crippen LogP contribution is 2.42. The van der Waals surface area contributed by atoms with Gasteiger partial charge in [0.25, 0.3) is 0 Å². The van der Waals surface area contributed by atoms with E-state index in [2.05, 4.69) is 18.8 Å². The molecule has 14 heavy (non-hydrogen) atoms. The number of carbonyl (C=O) groups excluding carboxylic acids is 1. The summed E-state index contributed by atoms with van der Waals surface area (Å²) < 4.78 is 0. The Morgan fingerprint density at radius 2 is 2.36 bits per heavy atom. The first-order valence-electron chi connectivity index (χ1n) is 4.71. The summed E-state index contributed by atoms with van der Waals surface area (Å²) >= 11 is 1.64. The summed E-state index contributed by atoms with van der Waals surface area (Å²) in [5, 5.41) is 3.04. The van der Waals surface area contributed by atoms with E-state index in [4.69, 9.17) is 0 Å². The Morgan fingerprint density at radius 1 is 1.57 bits per heavy atom. The van der Waals surface area contributed by atoms with Gasteiger partial charge in [0.05, 0.1) is 5.01 Å². The zero-order valence-electron chi connectivity index (χ0n) is 8.36. The molecule has 1 aliphatic carbocycles. The van der Waals surface area contributed by atoms with Crippen molar-refractivity contribution < 1.29 is 4.79 Å². The number of thiazole rings is 1. The molecule has 3 heteroatoms. The van der Waals surface area contributed by atoms with Crippen molar-refractivity contribution in [2.75, 3.05) is 0 Å². The Bertz CT molecular complexity index is 365. The Kier molecular flexibility index (Phi) is 2.27. The van der Waals surface area contributed by atoms with Crippen LogP contribution >= 0.6 is 11.3 Å². The van der Waals surface area contributed by atoms with Crippen LogP contribution in [0.15, 0.2) is 23.7 Å². The second-order valence-electron chi connectivity index (χ2n) is 4.25. The first kappa shape index (κ1) is 9.59. The van der Waals surface area contributed by atoms with E-state index in [0.717, 1.165) is 5.01 Å². The topological polar surface area (TPSA) is 30.0 Å². The van der Waals surface area contributed by atoms with Crippen molar-refractivity contribution in [3.05, 3.63) is 28.7 Å². The summed E-state index contributed by atoms with van der Waals surface area (Å²) in [6, 6.07) is 0. The van der Waals surface area contributed by atoms with Gasteiger partial charge in [0, 0.05) is 23.9 Å². The normalized spacial score (nSPS) is 25.3. The highest BCUT2D eigenvalue weighted by atomic mass is 32.1. The molecule has 2 nitrogen and oxygen atoms in total. The average Bonchev–Trinajstić information content (AvgIpc) is 2.62. The van der Waals surface area contributed by atoms with E-state index >= 15 is 0 Å². The molecule has 0 aromatic carbocycles.